The van der Waals surface area contributed by atoms with Gasteiger partial charge in [-0.25, -0.2) is 0 Å². The fourth-order valence-electron chi connectivity index (χ4n) is 8.70. The van der Waals surface area contributed by atoms with Gasteiger partial charge >= 0.3 is 0 Å². The average molecular weight is 611 g/mol. The molecule has 0 nitrogen and oxygen atoms in total. The lowest BCUT2D eigenvalue weighted by Gasteiger charge is -2.37. The fraction of sp³-hybridized carbons (Fsp3) is 0.667. The van der Waals surface area contributed by atoms with Crippen molar-refractivity contribution >= 4 is 52.9 Å². The largest absolute Gasteiger partial charge is 0.0688 e. The highest BCUT2D eigenvalue weighted by Crippen LogP contribution is 2.71. The SMILES string of the molecule is C[C@@H]1CCCC[C@H](C)P1c1ccccc1P1[C@H](C)C(C[C@H]2[C@H](C)P2c2ccccc2P2[C@@H](C)[C@@H]2C)CCC[C@@H]1C. The Labute approximate surface area is 251 Å². The maximum Gasteiger partial charge on any atom is -0.00951 e. The van der Waals surface area contributed by atoms with Gasteiger partial charge in [-0.2, -0.15) is 0 Å². The summed E-state index contributed by atoms with van der Waals surface area (Å²) in [6.07, 6.45) is 11.7. The highest BCUT2D eigenvalue weighted by molar-refractivity contribution is 7.80. The molecule has 4 heterocycles. The molecule has 0 bridgehead atoms. The molecule has 40 heavy (non-hydrogen) atoms. The topological polar surface area (TPSA) is 0 Å². The molecule has 4 aliphatic heterocycles. The number of benzene rings is 2. The van der Waals surface area contributed by atoms with Gasteiger partial charge in [-0.3, -0.25) is 0 Å². The van der Waals surface area contributed by atoms with Gasteiger partial charge < -0.3 is 0 Å². The van der Waals surface area contributed by atoms with E-state index in [1.165, 1.54) is 51.4 Å². The number of rotatable bonds is 6. The van der Waals surface area contributed by atoms with E-state index in [0.29, 0.717) is 0 Å². The molecule has 4 fully saturated rings. The van der Waals surface area contributed by atoms with E-state index in [-0.39, 0.29) is 31.7 Å². The first-order valence-corrected chi connectivity index (χ1v) is 22.5. The second-order valence-electron chi connectivity index (χ2n) is 13.9. The van der Waals surface area contributed by atoms with Crippen LogP contribution in [-0.2, 0) is 0 Å². The summed E-state index contributed by atoms with van der Waals surface area (Å²) >= 11 is 0. The summed E-state index contributed by atoms with van der Waals surface area (Å²) < 4.78 is 0. The molecule has 12 atom stereocenters. The average Bonchev–Trinajstić information content (AvgIpc) is 3.81. The van der Waals surface area contributed by atoms with Crippen molar-refractivity contribution in [3.8, 4) is 0 Å². The van der Waals surface area contributed by atoms with Crippen LogP contribution < -0.4 is 21.2 Å². The highest BCUT2D eigenvalue weighted by Gasteiger charge is 2.52. The molecule has 2 aromatic rings. The van der Waals surface area contributed by atoms with Crippen molar-refractivity contribution in [3.05, 3.63) is 48.5 Å². The third-order valence-electron chi connectivity index (χ3n) is 11.4. The predicted molar refractivity (Wildman–Crippen MR) is 190 cm³/mol. The zero-order valence-corrected chi connectivity index (χ0v) is 29.8. The van der Waals surface area contributed by atoms with E-state index < -0.39 is 0 Å². The van der Waals surface area contributed by atoms with Crippen molar-refractivity contribution in [2.75, 3.05) is 0 Å². The number of hydrogen-bond acceptors (Lipinski definition) is 0. The summed E-state index contributed by atoms with van der Waals surface area (Å²) in [6, 6.07) is 19.7. The van der Waals surface area contributed by atoms with Gasteiger partial charge in [0.15, 0.2) is 0 Å². The molecule has 0 spiro atoms. The molecule has 0 amide bonds. The summed E-state index contributed by atoms with van der Waals surface area (Å²) in [5.41, 5.74) is 7.25. The maximum atomic E-state index is 2.71. The summed E-state index contributed by atoms with van der Waals surface area (Å²) in [7, 11) is -0.0396. The minimum atomic E-state index is -0.125. The molecule has 2 aromatic carbocycles. The van der Waals surface area contributed by atoms with Crippen LogP contribution in [0.25, 0.3) is 0 Å². The first-order valence-electron chi connectivity index (χ1n) is 16.6. The van der Waals surface area contributed by atoms with Crippen LogP contribution in [0.2, 0.25) is 0 Å². The van der Waals surface area contributed by atoms with Crippen LogP contribution in [-0.4, -0.2) is 45.3 Å². The molecule has 6 rings (SSSR count). The Hall–Kier alpha value is 0.160. The Morgan fingerprint density at radius 1 is 0.475 bits per heavy atom. The van der Waals surface area contributed by atoms with E-state index in [4.69, 9.17) is 0 Å². The molecule has 0 aromatic heterocycles. The Kier molecular flexibility index (Phi) is 9.54. The van der Waals surface area contributed by atoms with Crippen molar-refractivity contribution in [2.45, 2.75) is 145 Å². The Morgan fingerprint density at radius 3 is 1.48 bits per heavy atom. The van der Waals surface area contributed by atoms with Gasteiger partial charge in [0.25, 0.3) is 0 Å². The molecular weight excluding hydrogens is 556 g/mol. The second-order valence-corrected chi connectivity index (χ2v) is 25.6. The van der Waals surface area contributed by atoms with Crippen LogP contribution in [0.4, 0.5) is 0 Å². The van der Waals surface area contributed by atoms with E-state index in [0.717, 1.165) is 51.2 Å². The van der Waals surface area contributed by atoms with Crippen LogP contribution >= 0.6 is 31.7 Å². The van der Waals surface area contributed by atoms with E-state index in [9.17, 15) is 0 Å². The van der Waals surface area contributed by atoms with E-state index in [1.807, 2.05) is 15.9 Å². The maximum absolute atomic E-state index is 2.71. The van der Waals surface area contributed by atoms with Crippen molar-refractivity contribution in [3.63, 3.8) is 0 Å². The van der Waals surface area contributed by atoms with Gasteiger partial charge in [-0.1, -0.05) is 148 Å². The van der Waals surface area contributed by atoms with Gasteiger partial charge in [0.05, 0.1) is 0 Å². The Bertz CT molecular complexity index is 1140. The van der Waals surface area contributed by atoms with Gasteiger partial charge in [-0.05, 0) is 105 Å². The molecule has 4 saturated heterocycles. The number of hydrogen-bond donors (Lipinski definition) is 0. The van der Waals surface area contributed by atoms with Crippen LogP contribution in [0, 0.1) is 5.92 Å². The van der Waals surface area contributed by atoms with Gasteiger partial charge in [0, 0.05) is 0 Å². The van der Waals surface area contributed by atoms with Crippen molar-refractivity contribution in [1.29, 1.82) is 0 Å². The lowest BCUT2D eigenvalue weighted by Crippen LogP contribution is -2.33. The van der Waals surface area contributed by atoms with Crippen molar-refractivity contribution in [2.24, 2.45) is 5.92 Å². The summed E-state index contributed by atoms with van der Waals surface area (Å²) in [5.74, 6) is 0.914. The Balaban J connectivity index is 1.25. The lowest BCUT2D eigenvalue weighted by atomic mass is 9.93. The zero-order valence-electron chi connectivity index (χ0n) is 26.3. The molecule has 0 saturated carbocycles. The third-order valence-corrected chi connectivity index (χ3v) is 25.0. The molecule has 218 valence electrons. The van der Waals surface area contributed by atoms with E-state index in [1.54, 1.807) is 5.30 Å². The molecule has 4 unspecified atom stereocenters. The normalized spacial score (nSPS) is 43.5. The minimum absolute atomic E-state index is 0.0414. The standard InChI is InChI=1S/C36H54P4/c1-24-15-8-9-16-25(2)37(24)32-19-10-11-20-33(32)38-26(3)17-14-18-31(29(38)6)23-36-30(7)40(36)35-22-13-12-21-34(35)39-27(4)28(39)5/h10-13,19-22,24-31,36H,8-9,14-18,23H2,1-7H3/t24-,25+,26-,27-,28-,29+,30-,31?,36-,37?,38?,40?/m0/s1. The van der Waals surface area contributed by atoms with E-state index in [2.05, 4.69) is 97.0 Å². The lowest BCUT2D eigenvalue weighted by molar-refractivity contribution is 0.439. The summed E-state index contributed by atoms with van der Waals surface area (Å²) in [6.45, 7) is 18.2. The molecular formula is C36H54P4. The second kappa shape index (κ2) is 12.6. The van der Waals surface area contributed by atoms with Crippen molar-refractivity contribution in [1.82, 2.24) is 0 Å². The molecule has 4 aliphatic rings. The fourth-order valence-corrected chi connectivity index (χ4v) is 22.6. The van der Waals surface area contributed by atoms with E-state index >= 15 is 0 Å². The quantitative estimate of drug-likeness (QED) is 0.286. The first kappa shape index (κ1) is 30.2. The molecule has 4 heteroatoms. The highest BCUT2D eigenvalue weighted by atomic mass is 31.1. The first-order chi connectivity index (χ1) is 19.3. The monoisotopic (exact) mass is 610 g/mol. The van der Waals surface area contributed by atoms with Crippen LogP contribution in [0.5, 0.6) is 0 Å². The molecule has 0 N–H and O–H groups in total. The van der Waals surface area contributed by atoms with Gasteiger partial charge in [0.2, 0.25) is 0 Å². The van der Waals surface area contributed by atoms with Crippen LogP contribution in [0.1, 0.15) is 99.8 Å². The van der Waals surface area contributed by atoms with Gasteiger partial charge in [-0.15, -0.1) is 0 Å². The minimum Gasteiger partial charge on any atom is -0.0688 e. The van der Waals surface area contributed by atoms with Gasteiger partial charge in [0.1, 0.15) is 0 Å². The zero-order chi connectivity index (χ0) is 28.1. The smallest absolute Gasteiger partial charge is 0.00951 e. The van der Waals surface area contributed by atoms with Crippen molar-refractivity contribution < 1.29 is 0 Å². The molecule has 0 radical (unpaired) electrons. The van der Waals surface area contributed by atoms with Crippen LogP contribution in [0.15, 0.2) is 48.5 Å². The van der Waals surface area contributed by atoms with Crippen LogP contribution in [0.3, 0.4) is 0 Å². The summed E-state index contributed by atoms with van der Waals surface area (Å²) in [4.78, 5) is 0. The summed E-state index contributed by atoms with van der Waals surface area (Å²) in [5, 5.41) is 7.28. The third kappa shape index (κ3) is 5.82. The molecule has 0 aliphatic carbocycles. The Morgan fingerprint density at radius 2 is 0.925 bits per heavy atom. The predicted octanol–water partition coefficient (Wildman–Crippen LogP) is 9.70.